The van der Waals surface area contributed by atoms with Crippen molar-refractivity contribution in [1.29, 1.82) is 0 Å². The zero-order valence-corrected chi connectivity index (χ0v) is 21.9. The van der Waals surface area contributed by atoms with Gasteiger partial charge in [-0.15, -0.1) is 0 Å². The average molecular weight is 530 g/mol. The lowest BCUT2D eigenvalue weighted by molar-refractivity contribution is -0.138. The van der Waals surface area contributed by atoms with Crippen molar-refractivity contribution in [3.05, 3.63) is 97.4 Å². The smallest absolute Gasteiger partial charge is 0.340 e. The second kappa shape index (κ2) is 9.94. The van der Waals surface area contributed by atoms with Gasteiger partial charge in [0.05, 0.1) is 27.8 Å². The Morgan fingerprint density at radius 1 is 0.943 bits per heavy atom. The molecule has 1 aliphatic heterocycles. The molecule has 0 fully saturated rings. The normalized spacial score (nSPS) is 14.9. The molecule has 180 valence electrons. The fourth-order valence-electron chi connectivity index (χ4n) is 4.29. The number of carbonyl (C=O) groups is 2. The molecule has 0 unspecified atom stereocenters. The highest BCUT2D eigenvalue weighted by molar-refractivity contribution is 6.42. The number of ether oxygens (including phenoxy) is 1. The fraction of sp³-hybridized carbons (Fsp3) is 0.185. The lowest BCUT2D eigenvalue weighted by Crippen LogP contribution is -2.24. The Balaban J connectivity index is 1.84. The first-order valence-corrected chi connectivity index (χ1v) is 12.1. The molecular formula is C27H23Cl3N2O3. The number of aromatic nitrogens is 1. The summed E-state index contributed by atoms with van der Waals surface area (Å²) in [5.41, 5.74) is 5.08. The van der Waals surface area contributed by atoms with Crippen LogP contribution >= 0.6 is 34.8 Å². The van der Waals surface area contributed by atoms with Gasteiger partial charge in [-0.25, -0.2) is 4.79 Å². The molecule has 0 spiro atoms. The van der Waals surface area contributed by atoms with Gasteiger partial charge in [-0.2, -0.15) is 0 Å². The van der Waals surface area contributed by atoms with Crippen LogP contribution in [0.15, 0.2) is 65.4 Å². The zero-order chi connectivity index (χ0) is 25.4. The molecule has 2 aromatic carbocycles. The Labute approximate surface area is 219 Å². The van der Waals surface area contributed by atoms with Gasteiger partial charge in [0, 0.05) is 33.5 Å². The lowest BCUT2D eigenvalue weighted by Gasteiger charge is -2.18. The number of nitrogens with zero attached hydrogens (tertiary/aromatic N) is 2. The van der Waals surface area contributed by atoms with Gasteiger partial charge in [0.15, 0.2) is 0 Å². The van der Waals surface area contributed by atoms with Gasteiger partial charge in [-0.3, -0.25) is 9.69 Å². The Hall–Kier alpha value is -2.99. The SMILES string of the molecule is CCOC(=O)C1=C(C)N(c2ccc(Cl)cc2)C(=O)/C1=C\c1cc(C)n(-c2ccc(Cl)c(Cl)c2)c1C. The van der Waals surface area contributed by atoms with Crippen molar-refractivity contribution in [2.24, 2.45) is 0 Å². The van der Waals surface area contributed by atoms with Crippen molar-refractivity contribution >= 4 is 58.4 Å². The van der Waals surface area contributed by atoms with Crippen LogP contribution in [0.25, 0.3) is 11.8 Å². The first-order valence-electron chi connectivity index (χ1n) is 11.0. The van der Waals surface area contributed by atoms with Crippen molar-refractivity contribution in [3.8, 4) is 5.69 Å². The maximum absolute atomic E-state index is 13.6. The molecule has 0 N–H and O–H groups in total. The van der Waals surface area contributed by atoms with Crippen LogP contribution in [0.5, 0.6) is 0 Å². The number of hydrogen-bond acceptors (Lipinski definition) is 3. The first-order chi connectivity index (χ1) is 16.6. The van der Waals surface area contributed by atoms with E-state index in [1.807, 2.05) is 30.5 Å². The summed E-state index contributed by atoms with van der Waals surface area (Å²) in [6.45, 7) is 7.57. The second-order valence-corrected chi connectivity index (χ2v) is 9.37. The third kappa shape index (κ3) is 4.64. The van der Waals surface area contributed by atoms with Crippen molar-refractivity contribution in [2.45, 2.75) is 27.7 Å². The minimum atomic E-state index is -0.542. The summed E-state index contributed by atoms with van der Waals surface area (Å²) in [6, 6.07) is 14.3. The second-order valence-electron chi connectivity index (χ2n) is 8.12. The number of carbonyl (C=O) groups excluding carboxylic acids is 2. The number of allylic oxidation sites excluding steroid dienone is 1. The summed E-state index contributed by atoms with van der Waals surface area (Å²) >= 11 is 18.4. The van der Waals surface area contributed by atoms with E-state index < -0.39 is 5.97 Å². The summed E-state index contributed by atoms with van der Waals surface area (Å²) in [4.78, 5) is 28.1. The predicted molar refractivity (Wildman–Crippen MR) is 142 cm³/mol. The van der Waals surface area contributed by atoms with E-state index in [1.54, 1.807) is 56.3 Å². The summed E-state index contributed by atoms with van der Waals surface area (Å²) in [5.74, 6) is -0.855. The summed E-state index contributed by atoms with van der Waals surface area (Å²) in [7, 11) is 0. The molecule has 1 amide bonds. The molecule has 0 aliphatic carbocycles. The van der Waals surface area contributed by atoms with Crippen LogP contribution in [-0.4, -0.2) is 23.1 Å². The van der Waals surface area contributed by atoms with Crippen molar-refractivity contribution in [1.82, 2.24) is 4.57 Å². The monoisotopic (exact) mass is 528 g/mol. The molecule has 0 saturated heterocycles. The highest BCUT2D eigenvalue weighted by Gasteiger charge is 2.38. The molecule has 0 bridgehead atoms. The van der Waals surface area contributed by atoms with E-state index in [0.717, 1.165) is 22.6 Å². The quantitative estimate of drug-likeness (QED) is 0.257. The van der Waals surface area contributed by atoms with E-state index >= 15 is 0 Å². The number of aryl methyl sites for hydroxylation is 1. The van der Waals surface area contributed by atoms with Gasteiger partial charge in [-0.05, 0) is 87.9 Å². The molecule has 4 rings (SSSR count). The van der Waals surface area contributed by atoms with E-state index in [-0.39, 0.29) is 23.7 Å². The van der Waals surface area contributed by atoms with E-state index in [1.165, 1.54) is 4.90 Å². The minimum absolute atomic E-state index is 0.198. The maximum atomic E-state index is 13.6. The highest BCUT2D eigenvalue weighted by Crippen LogP contribution is 2.37. The fourth-order valence-corrected chi connectivity index (χ4v) is 4.71. The van der Waals surface area contributed by atoms with Crippen LogP contribution in [0, 0.1) is 13.8 Å². The number of hydrogen-bond donors (Lipinski definition) is 0. The van der Waals surface area contributed by atoms with Crippen LogP contribution in [0.3, 0.4) is 0 Å². The maximum Gasteiger partial charge on any atom is 0.340 e. The Bertz CT molecular complexity index is 1400. The van der Waals surface area contributed by atoms with Crippen molar-refractivity contribution < 1.29 is 14.3 Å². The molecule has 2 heterocycles. The molecule has 0 radical (unpaired) electrons. The van der Waals surface area contributed by atoms with Crippen LogP contribution in [0.2, 0.25) is 15.1 Å². The topological polar surface area (TPSA) is 51.5 Å². The van der Waals surface area contributed by atoms with E-state index in [2.05, 4.69) is 0 Å². The number of amides is 1. The number of esters is 1. The molecule has 0 atom stereocenters. The molecule has 0 saturated carbocycles. The van der Waals surface area contributed by atoms with Gasteiger partial charge in [0.25, 0.3) is 5.91 Å². The molecule has 35 heavy (non-hydrogen) atoms. The molecule has 5 nitrogen and oxygen atoms in total. The Morgan fingerprint density at radius 2 is 1.60 bits per heavy atom. The van der Waals surface area contributed by atoms with Crippen LogP contribution in [0.4, 0.5) is 5.69 Å². The minimum Gasteiger partial charge on any atom is -0.462 e. The highest BCUT2D eigenvalue weighted by atomic mass is 35.5. The molecular weight excluding hydrogens is 507 g/mol. The number of anilines is 1. The number of halogens is 3. The van der Waals surface area contributed by atoms with Gasteiger partial charge in [0.2, 0.25) is 0 Å². The Morgan fingerprint density at radius 3 is 2.23 bits per heavy atom. The van der Waals surface area contributed by atoms with Crippen LogP contribution in [0.1, 0.15) is 30.8 Å². The third-order valence-electron chi connectivity index (χ3n) is 5.90. The Kier molecular flexibility index (Phi) is 7.13. The summed E-state index contributed by atoms with van der Waals surface area (Å²) < 4.78 is 7.32. The largest absolute Gasteiger partial charge is 0.462 e. The zero-order valence-electron chi connectivity index (χ0n) is 19.7. The molecule has 3 aromatic rings. The van der Waals surface area contributed by atoms with Gasteiger partial charge < -0.3 is 9.30 Å². The lowest BCUT2D eigenvalue weighted by atomic mass is 10.0. The standard InChI is InChI=1S/C27H23Cl3N2O3/c1-5-35-27(34)25-17(4)32(20-8-6-19(28)7-9-20)26(33)22(25)13-18-12-15(2)31(16(18)3)21-10-11-23(29)24(30)14-21/h6-14H,5H2,1-4H3/b22-13-. The van der Waals surface area contributed by atoms with Gasteiger partial charge in [-0.1, -0.05) is 34.8 Å². The van der Waals surface area contributed by atoms with E-state index in [0.29, 0.717) is 26.5 Å². The third-order valence-corrected chi connectivity index (χ3v) is 6.89. The average Bonchev–Trinajstić information content (AvgIpc) is 3.22. The molecule has 1 aromatic heterocycles. The van der Waals surface area contributed by atoms with Crippen molar-refractivity contribution in [2.75, 3.05) is 11.5 Å². The van der Waals surface area contributed by atoms with E-state index in [4.69, 9.17) is 39.5 Å². The number of benzene rings is 2. The molecule has 8 heteroatoms. The van der Waals surface area contributed by atoms with Gasteiger partial charge >= 0.3 is 5.97 Å². The number of rotatable bonds is 5. The van der Waals surface area contributed by atoms with E-state index in [9.17, 15) is 9.59 Å². The van der Waals surface area contributed by atoms with Crippen molar-refractivity contribution in [3.63, 3.8) is 0 Å². The predicted octanol–water partition coefficient (Wildman–Crippen LogP) is 7.32. The molecule has 1 aliphatic rings. The van der Waals surface area contributed by atoms with Gasteiger partial charge in [0.1, 0.15) is 0 Å². The first kappa shape index (κ1) is 25.1. The van der Waals surface area contributed by atoms with Crippen LogP contribution in [-0.2, 0) is 14.3 Å². The summed E-state index contributed by atoms with van der Waals surface area (Å²) in [6.07, 6.45) is 1.74. The van der Waals surface area contributed by atoms with Crippen LogP contribution < -0.4 is 4.90 Å². The summed E-state index contributed by atoms with van der Waals surface area (Å²) in [5, 5.41) is 1.47.